The summed E-state index contributed by atoms with van der Waals surface area (Å²) in [6, 6.07) is -0.644. The topological polar surface area (TPSA) is 95.9 Å². The van der Waals surface area contributed by atoms with Crippen LogP contribution in [0.15, 0.2) is 36.5 Å². The monoisotopic (exact) mass is 928 g/mol. The average molecular weight is 929 g/mol. The van der Waals surface area contributed by atoms with Crippen LogP contribution in [0.2, 0.25) is 0 Å². The van der Waals surface area contributed by atoms with Crippen molar-refractivity contribution in [2.24, 2.45) is 0 Å². The largest absolute Gasteiger partial charge is 0.466 e. The lowest BCUT2D eigenvalue weighted by Crippen LogP contribution is -2.45. The standard InChI is InChI=1S/C60H113NO5/c1-3-5-7-9-11-13-15-17-19-20-21-22-23-24-25-26-27-28-29-32-36-40-44-48-52-58(63)57(56-62)61-59(64)53-49-45-41-37-33-31-35-39-43-47-51-55-66-60(65)54-50-46-42-38-34-30-18-16-14-12-10-8-6-4-2/h10,12,16,18,48,52,57-58,62-63H,3-9,11,13-15,17,19-47,49-51,53-56H2,1-2H3,(H,61,64)/b12-10-,18-16-,52-48+. The summed E-state index contributed by atoms with van der Waals surface area (Å²) in [6.45, 7) is 4.83. The second kappa shape index (κ2) is 55.7. The molecule has 2 unspecified atom stereocenters. The van der Waals surface area contributed by atoms with Gasteiger partial charge in [-0.1, -0.05) is 275 Å². The Bertz CT molecular complexity index is 1070. The van der Waals surface area contributed by atoms with E-state index >= 15 is 0 Å². The van der Waals surface area contributed by atoms with Gasteiger partial charge in [-0.25, -0.2) is 0 Å². The minimum absolute atomic E-state index is 0.0296. The average Bonchev–Trinajstić information content (AvgIpc) is 3.32. The maximum Gasteiger partial charge on any atom is 0.305 e. The number of ether oxygens (including phenoxy) is 1. The van der Waals surface area contributed by atoms with E-state index in [1.54, 1.807) is 6.08 Å². The van der Waals surface area contributed by atoms with Crippen molar-refractivity contribution in [1.29, 1.82) is 0 Å². The van der Waals surface area contributed by atoms with Gasteiger partial charge in [0.25, 0.3) is 0 Å². The van der Waals surface area contributed by atoms with E-state index in [1.807, 2.05) is 6.08 Å². The Morgan fingerprint density at radius 2 is 0.773 bits per heavy atom. The maximum atomic E-state index is 12.5. The zero-order valence-electron chi connectivity index (χ0n) is 44.2. The van der Waals surface area contributed by atoms with Crippen LogP contribution in [0.3, 0.4) is 0 Å². The van der Waals surface area contributed by atoms with Gasteiger partial charge >= 0.3 is 5.97 Å². The third kappa shape index (κ3) is 51.5. The Balaban J connectivity index is 3.51. The predicted molar refractivity (Wildman–Crippen MR) is 287 cm³/mol. The van der Waals surface area contributed by atoms with Crippen molar-refractivity contribution in [2.75, 3.05) is 13.2 Å². The summed E-state index contributed by atoms with van der Waals surface area (Å²) in [5.74, 6) is -0.115. The molecule has 0 aliphatic carbocycles. The summed E-state index contributed by atoms with van der Waals surface area (Å²) in [5, 5.41) is 23.2. The van der Waals surface area contributed by atoms with E-state index in [4.69, 9.17) is 4.74 Å². The molecule has 0 aromatic heterocycles. The van der Waals surface area contributed by atoms with E-state index in [1.165, 1.54) is 212 Å². The number of esters is 1. The van der Waals surface area contributed by atoms with E-state index < -0.39 is 12.1 Å². The number of aliphatic hydroxyl groups is 2. The van der Waals surface area contributed by atoms with Gasteiger partial charge in [-0.05, 0) is 57.8 Å². The molecule has 0 fully saturated rings. The number of allylic oxidation sites excluding steroid dienone is 5. The van der Waals surface area contributed by atoms with Gasteiger partial charge in [0, 0.05) is 12.8 Å². The van der Waals surface area contributed by atoms with Crippen LogP contribution in [0.1, 0.15) is 309 Å². The molecular formula is C60H113NO5. The van der Waals surface area contributed by atoms with Gasteiger partial charge in [-0.15, -0.1) is 0 Å². The first kappa shape index (κ1) is 64.1. The molecule has 0 radical (unpaired) electrons. The molecule has 0 saturated heterocycles. The predicted octanol–water partition coefficient (Wildman–Crippen LogP) is 18.0. The number of rotatable bonds is 54. The Labute approximate surface area is 411 Å². The van der Waals surface area contributed by atoms with Crippen LogP contribution < -0.4 is 5.32 Å². The minimum Gasteiger partial charge on any atom is -0.466 e. The summed E-state index contributed by atoms with van der Waals surface area (Å²) < 4.78 is 5.45. The van der Waals surface area contributed by atoms with Crippen LogP contribution in [-0.2, 0) is 14.3 Å². The fourth-order valence-corrected chi connectivity index (χ4v) is 8.89. The van der Waals surface area contributed by atoms with Crippen molar-refractivity contribution in [1.82, 2.24) is 5.32 Å². The molecule has 0 aliphatic heterocycles. The van der Waals surface area contributed by atoms with Crippen molar-refractivity contribution in [3.8, 4) is 0 Å². The number of unbranched alkanes of at least 4 members (excludes halogenated alkanes) is 39. The quantitative estimate of drug-likeness (QED) is 0.0321. The van der Waals surface area contributed by atoms with Crippen LogP contribution >= 0.6 is 0 Å². The normalized spacial score (nSPS) is 12.8. The van der Waals surface area contributed by atoms with Crippen molar-refractivity contribution in [3.63, 3.8) is 0 Å². The molecule has 0 rings (SSSR count). The molecule has 0 heterocycles. The van der Waals surface area contributed by atoms with Gasteiger partial charge in [0.05, 0.1) is 25.4 Å². The molecule has 6 nitrogen and oxygen atoms in total. The zero-order valence-corrected chi connectivity index (χ0v) is 44.2. The minimum atomic E-state index is -0.859. The highest BCUT2D eigenvalue weighted by molar-refractivity contribution is 5.76. The van der Waals surface area contributed by atoms with E-state index in [-0.39, 0.29) is 18.5 Å². The molecule has 0 saturated carbocycles. The molecule has 2 atom stereocenters. The van der Waals surface area contributed by atoms with Crippen LogP contribution in [0.5, 0.6) is 0 Å². The van der Waals surface area contributed by atoms with Gasteiger partial charge in [-0.2, -0.15) is 0 Å². The Hall–Kier alpha value is -1.92. The number of amides is 1. The molecule has 1 amide bonds. The summed E-state index contributed by atoms with van der Waals surface area (Å²) in [7, 11) is 0. The third-order valence-electron chi connectivity index (χ3n) is 13.4. The van der Waals surface area contributed by atoms with E-state index in [2.05, 4.69) is 43.5 Å². The van der Waals surface area contributed by atoms with Crippen molar-refractivity contribution in [3.05, 3.63) is 36.5 Å². The van der Waals surface area contributed by atoms with Crippen molar-refractivity contribution in [2.45, 2.75) is 321 Å². The van der Waals surface area contributed by atoms with Gasteiger partial charge in [0.2, 0.25) is 5.91 Å². The van der Waals surface area contributed by atoms with Crippen LogP contribution in [-0.4, -0.2) is 47.4 Å². The highest BCUT2D eigenvalue weighted by atomic mass is 16.5. The SMILES string of the molecule is CCCC/C=C\C/C=C\CCCCCCCC(=O)OCCCCCCCCCCCCCC(=O)NC(CO)C(O)/C=C/CCCCCCCCCCCCCCCCCCCCCCCC. The first-order chi connectivity index (χ1) is 32.5. The summed E-state index contributed by atoms with van der Waals surface area (Å²) in [6.07, 6.45) is 68.8. The molecule has 0 aliphatic rings. The van der Waals surface area contributed by atoms with Crippen LogP contribution in [0.4, 0.5) is 0 Å². The van der Waals surface area contributed by atoms with Crippen molar-refractivity contribution >= 4 is 11.9 Å². The smallest absolute Gasteiger partial charge is 0.305 e. The Morgan fingerprint density at radius 1 is 0.424 bits per heavy atom. The third-order valence-corrected chi connectivity index (χ3v) is 13.4. The molecular weight excluding hydrogens is 815 g/mol. The van der Waals surface area contributed by atoms with E-state index in [9.17, 15) is 19.8 Å². The fourth-order valence-electron chi connectivity index (χ4n) is 8.89. The lowest BCUT2D eigenvalue weighted by molar-refractivity contribution is -0.143. The second-order valence-corrected chi connectivity index (χ2v) is 20.0. The number of nitrogens with one attached hydrogen (secondary N) is 1. The number of hydrogen-bond acceptors (Lipinski definition) is 5. The molecule has 3 N–H and O–H groups in total. The molecule has 388 valence electrons. The number of carbonyl (C=O) groups is 2. The van der Waals surface area contributed by atoms with Crippen LogP contribution in [0.25, 0.3) is 0 Å². The number of aliphatic hydroxyl groups excluding tert-OH is 2. The van der Waals surface area contributed by atoms with E-state index in [0.29, 0.717) is 19.4 Å². The molecule has 6 heteroatoms. The number of hydrogen-bond donors (Lipinski definition) is 3. The first-order valence-corrected chi connectivity index (χ1v) is 29.3. The summed E-state index contributed by atoms with van der Waals surface area (Å²) in [5.41, 5.74) is 0. The van der Waals surface area contributed by atoms with E-state index in [0.717, 1.165) is 70.6 Å². The van der Waals surface area contributed by atoms with Gasteiger partial charge in [-0.3, -0.25) is 9.59 Å². The van der Waals surface area contributed by atoms with Gasteiger partial charge in [0.15, 0.2) is 0 Å². The van der Waals surface area contributed by atoms with Gasteiger partial charge in [0.1, 0.15) is 0 Å². The highest BCUT2D eigenvalue weighted by Gasteiger charge is 2.18. The second-order valence-electron chi connectivity index (χ2n) is 20.0. The molecule has 0 aromatic rings. The lowest BCUT2D eigenvalue weighted by atomic mass is 10.0. The molecule has 66 heavy (non-hydrogen) atoms. The van der Waals surface area contributed by atoms with Crippen LogP contribution in [0, 0.1) is 0 Å². The maximum absolute atomic E-state index is 12.5. The Kier molecular flexibility index (Phi) is 54.1. The molecule has 0 bridgehead atoms. The molecule has 0 spiro atoms. The zero-order chi connectivity index (χ0) is 47.9. The molecule has 0 aromatic carbocycles. The fraction of sp³-hybridized carbons (Fsp3) is 0.867. The van der Waals surface area contributed by atoms with Crippen molar-refractivity contribution < 1.29 is 24.5 Å². The summed E-state index contributed by atoms with van der Waals surface area (Å²) in [4.78, 5) is 24.5. The highest BCUT2D eigenvalue weighted by Crippen LogP contribution is 2.17. The Morgan fingerprint density at radius 3 is 1.20 bits per heavy atom. The first-order valence-electron chi connectivity index (χ1n) is 29.3. The lowest BCUT2D eigenvalue weighted by Gasteiger charge is -2.20. The number of carbonyl (C=O) groups excluding carboxylic acids is 2. The summed E-state index contributed by atoms with van der Waals surface area (Å²) >= 11 is 0. The van der Waals surface area contributed by atoms with Gasteiger partial charge < -0.3 is 20.3 Å².